The second-order valence-corrected chi connectivity index (χ2v) is 10.5. The molecule has 4 atom stereocenters. The zero-order valence-corrected chi connectivity index (χ0v) is 21.3. The number of fused-ring (bicyclic) bond motifs is 6. The van der Waals surface area contributed by atoms with Gasteiger partial charge in [0.25, 0.3) is 0 Å². The summed E-state index contributed by atoms with van der Waals surface area (Å²) in [6.07, 6.45) is 15.5. The lowest BCUT2D eigenvalue weighted by Crippen LogP contribution is -2.27. The summed E-state index contributed by atoms with van der Waals surface area (Å²) >= 11 is 0. The van der Waals surface area contributed by atoms with Gasteiger partial charge in [0, 0.05) is 47.1 Å². The van der Waals surface area contributed by atoms with Gasteiger partial charge < -0.3 is 10.2 Å². The maximum Gasteiger partial charge on any atom is 0.133 e. The van der Waals surface area contributed by atoms with Gasteiger partial charge in [0.2, 0.25) is 0 Å². The highest BCUT2D eigenvalue weighted by atomic mass is 16.3. The van der Waals surface area contributed by atoms with Gasteiger partial charge in [-0.05, 0) is 74.9 Å². The molecule has 1 aliphatic heterocycles. The van der Waals surface area contributed by atoms with Crippen LogP contribution in [0.2, 0.25) is 0 Å². The molecule has 1 heterocycles. The fraction of sp³-hybridized carbons (Fsp3) is 0.467. The summed E-state index contributed by atoms with van der Waals surface area (Å²) in [6, 6.07) is 8.05. The summed E-state index contributed by atoms with van der Waals surface area (Å²) in [5.41, 5.74) is 4.97. The van der Waals surface area contributed by atoms with Gasteiger partial charge in [-0.2, -0.15) is 0 Å². The Morgan fingerprint density at radius 1 is 0.500 bits per heavy atom. The third kappa shape index (κ3) is 5.43. The zero-order valence-electron chi connectivity index (χ0n) is 21.3. The molecule has 5 rings (SSSR count). The van der Waals surface area contributed by atoms with E-state index < -0.39 is 0 Å². The van der Waals surface area contributed by atoms with Crippen molar-refractivity contribution in [3.05, 3.63) is 57.6 Å². The number of nitrogens with zero attached hydrogens (tertiary/aromatic N) is 4. The highest BCUT2D eigenvalue weighted by Gasteiger charge is 2.25. The molecule has 2 N–H and O–H groups in total. The van der Waals surface area contributed by atoms with Crippen LogP contribution in [0, 0.1) is 13.8 Å². The molecule has 0 unspecified atom stereocenters. The fourth-order valence-corrected chi connectivity index (χ4v) is 5.65. The molecular formula is C30H36N4O2. The van der Waals surface area contributed by atoms with Crippen molar-refractivity contribution in [3.63, 3.8) is 0 Å². The van der Waals surface area contributed by atoms with Crippen LogP contribution in [-0.4, -0.2) is 59.2 Å². The smallest absolute Gasteiger partial charge is 0.133 e. The van der Waals surface area contributed by atoms with Crippen LogP contribution in [0.25, 0.3) is 0 Å². The lowest BCUT2D eigenvalue weighted by Gasteiger charge is -2.26. The van der Waals surface area contributed by atoms with Crippen LogP contribution in [0.15, 0.2) is 44.2 Å². The minimum absolute atomic E-state index is 0.0434. The maximum absolute atomic E-state index is 11.0. The lowest BCUT2D eigenvalue weighted by atomic mass is 9.90. The molecule has 6 heteroatoms. The zero-order chi connectivity index (χ0) is 25.1. The first-order valence-electron chi connectivity index (χ1n) is 13.3. The van der Waals surface area contributed by atoms with E-state index in [1.807, 2.05) is 38.1 Å². The van der Waals surface area contributed by atoms with Crippen molar-refractivity contribution in [3.8, 4) is 11.5 Å². The van der Waals surface area contributed by atoms with Crippen molar-refractivity contribution in [2.45, 2.75) is 89.4 Å². The van der Waals surface area contributed by atoms with Gasteiger partial charge in [-0.15, -0.1) is 0 Å². The number of aryl methyl sites for hydroxylation is 2. The lowest BCUT2D eigenvalue weighted by molar-refractivity contribution is 0.389. The highest BCUT2D eigenvalue weighted by Crippen LogP contribution is 2.29. The summed E-state index contributed by atoms with van der Waals surface area (Å²) in [5.74, 6) is 0.438. The molecule has 0 saturated heterocycles. The standard InChI is InChI=1S/C30H36N4O2/c1-19-11-21-15-31-25-7-3-5-9-27(25)33-17-23-13-20(2)14-24(30(23)36)18-34-28-10-6-4-8-26(28)32-16-22(12-19)29(21)35/h11-18,25-28,35-36H,3-10H2,1-2H3/t25-,26-,27+,28+. The van der Waals surface area contributed by atoms with Crippen molar-refractivity contribution in [1.82, 2.24) is 0 Å². The van der Waals surface area contributed by atoms with Crippen LogP contribution >= 0.6 is 0 Å². The van der Waals surface area contributed by atoms with Gasteiger partial charge in [-0.25, -0.2) is 0 Å². The Morgan fingerprint density at radius 3 is 1.00 bits per heavy atom. The van der Waals surface area contributed by atoms with Crippen LogP contribution < -0.4 is 0 Å². The van der Waals surface area contributed by atoms with Crippen molar-refractivity contribution < 1.29 is 10.2 Å². The predicted molar refractivity (Wildman–Crippen MR) is 148 cm³/mol. The van der Waals surface area contributed by atoms with Gasteiger partial charge >= 0.3 is 0 Å². The van der Waals surface area contributed by atoms with E-state index >= 15 is 0 Å². The van der Waals surface area contributed by atoms with Crippen LogP contribution in [0.3, 0.4) is 0 Å². The van der Waals surface area contributed by atoms with E-state index in [9.17, 15) is 10.2 Å². The number of benzene rings is 2. The number of rotatable bonds is 0. The first kappa shape index (κ1) is 24.4. The van der Waals surface area contributed by atoms with Gasteiger partial charge in [0.1, 0.15) is 11.5 Å². The van der Waals surface area contributed by atoms with E-state index in [-0.39, 0.29) is 35.7 Å². The minimum Gasteiger partial charge on any atom is -0.507 e. The van der Waals surface area contributed by atoms with Crippen LogP contribution in [0.4, 0.5) is 0 Å². The summed E-state index contributed by atoms with van der Waals surface area (Å²) in [4.78, 5) is 19.6. The Balaban J connectivity index is 1.60. The minimum atomic E-state index is 0.0434. The molecule has 2 aromatic rings. The summed E-state index contributed by atoms with van der Waals surface area (Å²) < 4.78 is 0. The summed E-state index contributed by atoms with van der Waals surface area (Å²) in [6.45, 7) is 4.06. The van der Waals surface area contributed by atoms with E-state index in [4.69, 9.17) is 20.0 Å². The van der Waals surface area contributed by atoms with Crippen molar-refractivity contribution >= 4 is 24.9 Å². The Labute approximate surface area is 213 Å². The molecule has 0 radical (unpaired) electrons. The second-order valence-electron chi connectivity index (χ2n) is 10.5. The molecule has 0 amide bonds. The number of phenols is 2. The topological polar surface area (TPSA) is 89.9 Å². The number of phenolic OH excluding ortho intramolecular Hbond substituents is 2. The van der Waals surface area contributed by atoms with E-state index in [0.717, 1.165) is 62.5 Å². The van der Waals surface area contributed by atoms with Crippen LogP contribution in [-0.2, 0) is 0 Å². The van der Waals surface area contributed by atoms with Crippen LogP contribution in [0.1, 0.15) is 84.7 Å². The first-order chi connectivity index (χ1) is 17.5. The Hall–Kier alpha value is -3.28. The molecule has 0 spiro atoms. The molecule has 2 aromatic carbocycles. The third-order valence-electron chi connectivity index (χ3n) is 7.63. The van der Waals surface area contributed by atoms with E-state index in [1.165, 1.54) is 0 Å². The molecule has 2 fully saturated rings. The molecular weight excluding hydrogens is 448 g/mol. The second kappa shape index (κ2) is 10.8. The third-order valence-corrected chi connectivity index (χ3v) is 7.63. The largest absolute Gasteiger partial charge is 0.507 e. The van der Waals surface area contributed by atoms with Gasteiger partial charge in [-0.3, -0.25) is 20.0 Å². The van der Waals surface area contributed by atoms with Crippen molar-refractivity contribution in [2.24, 2.45) is 20.0 Å². The SMILES string of the molecule is Cc1cc2c(O)c(c1)C=N[C@H]1CCCC[C@H]1N=Cc1cc(C)cc(c1O)C=N[C@@H]1CCCC[C@@H]1N=C2. The van der Waals surface area contributed by atoms with Crippen molar-refractivity contribution in [1.29, 1.82) is 0 Å². The maximum atomic E-state index is 11.0. The first-order valence-corrected chi connectivity index (χ1v) is 13.3. The van der Waals surface area contributed by atoms with Crippen molar-refractivity contribution in [2.75, 3.05) is 0 Å². The number of aliphatic imine (C=N–C) groups is 4. The molecule has 6 nitrogen and oxygen atoms in total. The molecule has 2 aliphatic carbocycles. The Kier molecular flexibility index (Phi) is 7.30. The van der Waals surface area contributed by atoms with Crippen LogP contribution in [0.5, 0.6) is 11.5 Å². The summed E-state index contributed by atoms with van der Waals surface area (Å²) in [7, 11) is 0. The van der Waals surface area contributed by atoms with Gasteiger partial charge in [-0.1, -0.05) is 25.7 Å². The van der Waals surface area contributed by atoms with E-state index in [0.29, 0.717) is 22.3 Å². The molecule has 2 saturated carbocycles. The number of aromatic hydroxyl groups is 2. The molecule has 188 valence electrons. The molecule has 36 heavy (non-hydrogen) atoms. The Morgan fingerprint density at radius 2 is 0.750 bits per heavy atom. The van der Waals surface area contributed by atoms with E-state index in [2.05, 4.69) is 0 Å². The Bertz CT molecular complexity index is 1050. The quantitative estimate of drug-likeness (QED) is 0.500. The average Bonchev–Trinajstić information content (AvgIpc) is 2.88. The highest BCUT2D eigenvalue weighted by molar-refractivity contribution is 5.93. The van der Waals surface area contributed by atoms with Gasteiger partial charge in [0.05, 0.1) is 24.2 Å². The summed E-state index contributed by atoms with van der Waals surface area (Å²) in [5, 5.41) is 22.1. The normalized spacial score (nSPS) is 26.1. The van der Waals surface area contributed by atoms with E-state index in [1.54, 1.807) is 24.9 Å². The molecule has 4 bridgehead atoms. The predicted octanol–water partition coefficient (Wildman–Crippen LogP) is 5.73. The van der Waals surface area contributed by atoms with Gasteiger partial charge in [0.15, 0.2) is 0 Å². The monoisotopic (exact) mass is 484 g/mol. The molecule has 0 aromatic heterocycles. The fourth-order valence-electron chi connectivity index (χ4n) is 5.65. The number of hydrogen-bond donors (Lipinski definition) is 2. The molecule has 3 aliphatic rings. The average molecular weight is 485 g/mol. The number of hydrogen-bond acceptors (Lipinski definition) is 6.